The van der Waals surface area contributed by atoms with Gasteiger partial charge in [-0.15, -0.1) is 0 Å². The van der Waals surface area contributed by atoms with Crippen LogP contribution in [0.3, 0.4) is 0 Å². The van der Waals surface area contributed by atoms with Gasteiger partial charge >= 0.3 is 0 Å². The molecule has 0 fully saturated rings. The quantitative estimate of drug-likeness (QED) is 0.679. The van der Waals surface area contributed by atoms with Crippen molar-refractivity contribution in [2.45, 2.75) is 45.4 Å². The van der Waals surface area contributed by atoms with Gasteiger partial charge in [0.15, 0.2) is 0 Å². The van der Waals surface area contributed by atoms with Crippen LogP contribution in [0.5, 0.6) is 0 Å². The molecule has 1 aliphatic carbocycles. The fourth-order valence-electron chi connectivity index (χ4n) is 2.41. The fourth-order valence-corrected chi connectivity index (χ4v) is 2.41. The molecule has 1 aliphatic rings. The van der Waals surface area contributed by atoms with Crippen LogP contribution in [0.4, 0.5) is 4.39 Å². The Labute approximate surface area is 95.1 Å². The second kappa shape index (κ2) is 4.21. The molecular formula is C13H15FN2. The van der Waals surface area contributed by atoms with Crippen LogP contribution < -0.4 is 0 Å². The number of nitrogens with zero attached hydrogens (tertiary/aromatic N) is 2. The molecule has 2 nitrogen and oxygen atoms in total. The second-order valence-corrected chi connectivity index (χ2v) is 4.59. The van der Waals surface area contributed by atoms with Gasteiger partial charge in [0.25, 0.3) is 0 Å². The van der Waals surface area contributed by atoms with Crippen molar-refractivity contribution in [2.75, 3.05) is 0 Å². The highest BCUT2D eigenvalue weighted by Gasteiger charge is 2.23. The minimum absolute atomic E-state index is 0.166. The Bertz CT molecular complexity index is 458. The van der Waals surface area contributed by atoms with E-state index < -0.39 is 5.95 Å². The largest absolute Gasteiger partial charge is 0.231 e. The van der Waals surface area contributed by atoms with Gasteiger partial charge in [0.1, 0.15) is 11.6 Å². The van der Waals surface area contributed by atoms with Crippen molar-refractivity contribution in [3.8, 4) is 6.07 Å². The second-order valence-electron chi connectivity index (χ2n) is 4.59. The average Bonchev–Trinajstić information content (AvgIpc) is 2.28. The van der Waals surface area contributed by atoms with Crippen LogP contribution in [-0.4, -0.2) is 4.98 Å². The molecule has 0 unspecified atom stereocenters. The maximum absolute atomic E-state index is 13.7. The van der Waals surface area contributed by atoms with E-state index in [1.54, 1.807) is 0 Å². The first-order chi connectivity index (χ1) is 7.65. The van der Waals surface area contributed by atoms with Crippen molar-refractivity contribution in [1.82, 2.24) is 4.98 Å². The number of hydrogen-bond donors (Lipinski definition) is 0. The normalized spacial score (nSPS) is 14.7. The maximum atomic E-state index is 13.7. The molecule has 2 rings (SSSR count). The minimum atomic E-state index is -0.591. The Balaban J connectivity index is 2.68. The third-order valence-corrected chi connectivity index (χ3v) is 3.16. The van der Waals surface area contributed by atoms with Crippen LogP contribution in [0.25, 0.3) is 0 Å². The molecule has 0 atom stereocenters. The van der Waals surface area contributed by atoms with Gasteiger partial charge in [-0.25, -0.2) is 4.98 Å². The van der Waals surface area contributed by atoms with Gasteiger partial charge in [-0.05, 0) is 42.7 Å². The Morgan fingerprint density at radius 1 is 1.25 bits per heavy atom. The van der Waals surface area contributed by atoms with E-state index in [0.717, 1.165) is 42.5 Å². The van der Waals surface area contributed by atoms with E-state index in [9.17, 15) is 4.39 Å². The van der Waals surface area contributed by atoms with Crippen molar-refractivity contribution < 1.29 is 4.39 Å². The first-order valence-electron chi connectivity index (χ1n) is 5.76. The van der Waals surface area contributed by atoms with Crippen LogP contribution in [-0.2, 0) is 12.8 Å². The summed E-state index contributed by atoms with van der Waals surface area (Å²) in [6.45, 7) is 4.03. The number of halogens is 1. The highest BCUT2D eigenvalue weighted by Crippen LogP contribution is 2.30. The summed E-state index contributed by atoms with van der Waals surface area (Å²) < 4.78 is 13.7. The number of hydrogen-bond acceptors (Lipinski definition) is 2. The number of rotatable bonds is 1. The monoisotopic (exact) mass is 218 g/mol. The van der Waals surface area contributed by atoms with Crippen LogP contribution in [0.2, 0.25) is 0 Å². The predicted molar refractivity (Wildman–Crippen MR) is 59.6 cm³/mol. The first kappa shape index (κ1) is 11.1. The molecule has 0 radical (unpaired) electrons. The van der Waals surface area contributed by atoms with E-state index >= 15 is 0 Å². The molecule has 0 aromatic carbocycles. The van der Waals surface area contributed by atoms with Gasteiger partial charge in [-0.2, -0.15) is 9.65 Å². The summed E-state index contributed by atoms with van der Waals surface area (Å²) in [5, 5.41) is 8.97. The molecule has 1 aromatic heterocycles. The Morgan fingerprint density at radius 2 is 1.88 bits per heavy atom. The standard InChI is InChI=1S/C13H15FN2/c1-8(2)12-10-6-4-3-5-9(10)11(7-15)13(14)16-12/h8H,3-6H2,1-2H3. The molecule has 84 valence electrons. The highest BCUT2D eigenvalue weighted by atomic mass is 19.1. The molecule has 0 saturated carbocycles. The topological polar surface area (TPSA) is 36.7 Å². The predicted octanol–water partition coefficient (Wildman–Crippen LogP) is 3.09. The lowest BCUT2D eigenvalue weighted by molar-refractivity contribution is 0.550. The summed E-state index contributed by atoms with van der Waals surface area (Å²) in [6, 6.07) is 1.95. The maximum Gasteiger partial charge on any atom is 0.231 e. The lowest BCUT2D eigenvalue weighted by atomic mass is 9.85. The lowest BCUT2D eigenvalue weighted by Gasteiger charge is -2.21. The number of fused-ring (bicyclic) bond motifs is 1. The van der Waals surface area contributed by atoms with Gasteiger partial charge in [0.2, 0.25) is 5.95 Å². The third-order valence-electron chi connectivity index (χ3n) is 3.16. The summed E-state index contributed by atoms with van der Waals surface area (Å²) in [7, 11) is 0. The minimum Gasteiger partial charge on any atom is -0.223 e. The van der Waals surface area contributed by atoms with Crippen LogP contribution in [0.1, 0.15) is 55.0 Å². The van der Waals surface area contributed by atoms with E-state index in [4.69, 9.17) is 5.26 Å². The smallest absolute Gasteiger partial charge is 0.223 e. The number of pyridine rings is 1. The van der Waals surface area contributed by atoms with Crippen molar-refractivity contribution >= 4 is 0 Å². The van der Waals surface area contributed by atoms with E-state index in [2.05, 4.69) is 4.98 Å². The molecular weight excluding hydrogens is 203 g/mol. The average molecular weight is 218 g/mol. The molecule has 1 heterocycles. The molecule has 1 aromatic rings. The molecule has 0 amide bonds. The van der Waals surface area contributed by atoms with E-state index in [1.807, 2.05) is 19.9 Å². The van der Waals surface area contributed by atoms with E-state index in [1.165, 1.54) is 0 Å². The zero-order valence-electron chi connectivity index (χ0n) is 9.68. The zero-order valence-corrected chi connectivity index (χ0v) is 9.68. The zero-order chi connectivity index (χ0) is 11.7. The summed E-state index contributed by atoms with van der Waals surface area (Å²) in [4.78, 5) is 3.97. The molecule has 0 aliphatic heterocycles. The van der Waals surface area contributed by atoms with Crippen LogP contribution >= 0.6 is 0 Å². The van der Waals surface area contributed by atoms with Gasteiger partial charge in [-0.3, -0.25) is 0 Å². The Kier molecular flexibility index (Phi) is 2.91. The summed E-state index contributed by atoms with van der Waals surface area (Å²) in [5.41, 5.74) is 3.04. The molecule has 0 bridgehead atoms. The molecule has 3 heteroatoms. The highest BCUT2D eigenvalue weighted by molar-refractivity contribution is 5.46. The fraction of sp³-hybridized carbons (Fsp3) is 0.538. The van der Waals surface area contributed by atoms with Crippen LogP contribution in [0.15, 0.2) is 0 Å². The molecule has 0 saturated heterocycles. The van der Waals surface area contributed by atoms with E-state index in [-0.39, 0.29) is 11.5 Å². The number of nitriles is 1. The number of aromatic nitrogens is 1. The van der Waals surface area contributed by atoms with E-state index in [0.29, 0.717) is 0 Å². The van der Waals surface area contributed by atoms with Crippen molar-refractivity contribution in [3.63, 3.8) is 0 Å². The van der Waals surface area contributed by atoms with Crippen LogP contribution in [0, 0.1) is 17.3 Å². The lowest BCUT2D eigenvalue weighted by Crippen LogP contribution is -2.14. The molecule has 0 N–H and O–H groups in total. The SMILES string of the molecule is CC(C)c1nc(F)c(C#N)c2c1CCCC2. The van der Waals surface area contributed by atoms with Gasteiger partial charge in [-0.1, -0.05) is 13.8 Å². The molecule has 0 spiro atoms. The first-order valence-corrected chi connectivity index (χ1v) is 5.76. The Hall–Kier alpha value is -1.43. The van der Waals surface area contributed by atoms with Crippen molar-refractivity contribution in [2.24, 2.45) is 0 Å². The Morgan fingerprint density at radius 3 is 2.44 bits per heavy atom. The van der Waals surface area contributed by atoms with Gasteiger partial charge in [0.05, 0.1) is 0 Å². The van der Waals surface area contributed by atoms with Crippen molar-refractivity contribution in [3.05, 3.63) is 28.3 Å². The van der Waals surface area contributed by atoms with Gasteiger partial charge in [0, 0.05) is 5.69 Å². The summed E-state index contributed by atoms with van der Waals surface area (Å²) in [6.07, 6.45) is 3.91. The van der Waals surface area contributed by atoms with Crippen molar-refractivity contribution in [1.29, 1.82) is 5.26 Å². The summed E-state index contributed by atoms with van der Waals surface area (Å²) in [5.74, 6) is -0.374. The van der Waals surface area contributed by atoms with Gasteiger partial charge < -0.3 is 0 Å². The summed E-state index contributed by atoms with van der Waals surface area (Å²) >= 11 is 0. The third kappa shape index (κ3) is 1.69. The molecule has 16 heavy (non-hydrogen) atoms.